The van der Waals surface area contributed by atoms with Crippen LogP contribution in [0.4, 0.5) is 4.39 Å². The fourth-order valence-electron chi connectivity index (χ4n) is 1.42. The zero-order valence-corrected chi connectivity index (χ0v) is 10.8. The topological polar surface area (TPSA) is 64.3 Å². The molecule has 102 valence electrons. The highest BCUT2D eigenvalue weighted by atomic mass is 19.1. The first-order valence-electron chi connectivity index (χ1n) is 5.94. The minimum absolute atomic E-state index is 0.168. The van der Waals surface area contributed by atoms with Crippen LogP contribution in [-0.4, -0.2) is 32.7 Å². The Labute approximate surface area is 112 Å². The maximum absolute atomic E-state index is 13.6. The van der Waals surface area contributed by atoms with Crippen molar-refractivity contribution in [1.82, 2.24) is 5.32 Å². The van der Waals surface area contributed by atoms with Gasteiger partial charge in [0.2, 0.25) is 0 Å². The van der Waals surface area contributed by atoms with E-state index in [1.54, 1.807) is 7.11 Å². The summed E-state index contributed by atoms with van der Waals surface area (Å²) in [6.45, 7) is 1.23. The predicted molar refractivity (Wildman–Crippen MR) is 71.2 cm³/mol. The van der Waals surface area contributed by atoms with Crippen molar-refractivity contribution < 1.29 is 13.9 Å². The van der Waals surface area contributed by atoms with E-state index in [9.17, 15) is 9.18 Å². The van der Waals surface area contributed by atoms with Gasteiger partial charge in [0.15, 0.2) is 0 Å². The number of halogens is 1. The van der Waals surface area contributed by atoms with Crippen LogP contribution >= 0.6 is 0 Å². The molecular weight excluding hydrogens is 247 g/mol. The summed E-state index contributed by atoms with van der Waals surface area (Å²) in [7, 11) is 1.60. The number of carbonyl (C=O) groups is 1. The molecule has 19 heavy (non-hydrogen) atoms. The van der Waals surface area contributed by atoms with Gasteiger partial charge in [-0.25, -0.2) is 4.39 Å². The van der Waals surface area contributed by atoms with Gasteiger partial charge in [-0.2, -0.15) is 0 Å². The standard InChI is InChI=1S/C14H17FN2O2/c1-19-9-3-8-17-14(18)12-6-5-11(4-2-7-16)13(15)10-12/h5-6,10H,3,7-9,16H2,1H3,(H,17,18). The van der Waals surface area contributed by atoms with Gasteiger partial charge < -0.3 is 15.8 Å². The van der Waals surface area contributed by atoms with E-state index in [1.807, 2.05) is 0 Å². The van der Waals surface area contributed by atoms with E-state index in [-0.39, 0.29) is 23.6 Å². The molecule has 0 atom stereocenters. The van der Waals surface area contributed by atoms with Gasteiger partial charge in [-0.3, -0.25) is 4.79 Å². The number of rotatable bonds is 5. The van der Waals surface area contributed by atoms with Gasteiger partial charge in [0, 0.05) is 25.8 Å². The molecule has 0 bridgehead atoms. The van der Waals surface area contributed by atoms with Crippen molar-refractivity contribution in [2.75, 3.05) is 26.8 Å². The molecule has 0 radical (unpaired) electrons. The van der Waals surface area contributed by atoms with Gasteiger partial charge in [-0.1, -0.05) is 11.8 Å². The molecule has 0 aliphatic heterocycles. The highest BCUT2D eigenvalue weighted by molar-refractivity contribution is 5.94. The van der Waals surface area contributed by atoms with Crippen LogP contribution in [0, 0.1) is 17.7 Å². The van der Waals surface area contributed by atoms with E-state index in [0.29, 0.717) is 19.6 Å². The lowest BCUT2D eigenvalue weighted by Gasteiger charge is -2.05. The monoisotopic (exact) mass is 264 g/mol. The molecule has 1 amide bonds. The Hall–Kier alpha value is -1.90. The number of nitrogens with one attached hydrogen (secondary N) is 1. The number of amides is 1. The number of ether oxygens (including phenoxy) is 1. The summed E-state index contributed by atoms with van der Waals surface area (Å²) in [5, 5.41) is 2.68. The van der Waals surface area contributed by atoms with Gasteiger partial charge in [0.25, 0.3) is 5.91 Å². The van der Waals surface area contributed by atoms with Crippen molar-refractivity contribution in [3.8, 4) is 11.8 Å². The molecule has 1 aromatic carbocycles. The maximum Gasteiger partial charge on any atom is 0.251 e. The van der Waals surface area contributed by atoms with Crippen molar-refractivity contribution in [3.05, 3.63) is 35.1 Å². The van der Waals surface area contributed by atoms with Crippen molar-refractivity contribution in [2.24, 2.45) is 5.73 Å². The van der Waals surface area contributed by atoms with Crippen LogP contribution in [0.2, 0.25) is 0 Å². The average molecular weight is 264 g/mol. The van der Waals surface area contributed by atoms with Crippen molar-refractivity contribution in [3.63, 3.8) is 0 Å². The van der Waals surface area contributed by atoms with Gasteiger partial charge in [-0.15, -0.1) is 0 Å². The average Bonchev–Trinajstić information content (AvgIpc) is 2.42. The molecule has 0 aliphatic rings. The van der Waals surface area contributed by atoms with Crippen LogP contribution < -0.4 is 11.1 Å². The summed E-state index contributed by atoms with van der Waals surface area (Å²) in [5.74, 6) is 4.33. The Morgan fingerprint density at radius 3 is 2.95 bits per heavy atom. The normalized spacial score (nSPS) is 9.63. The zero-order chi connectivity index (χ0) is 14.1. The van der Waals surface area contributed by atoms with E-state index < -0.39 is 5.82 Å². The first-order chi connectivity index (χ1) is 9.19. The summed E-state index contributed by atoms with van der Waals surface area (Å²) in [6.07, 6.45) is 0.713. The highest BCUT2D eigenvalue weighted by Gasteiger charge is 2.08. The minimum Gasteiger partial charge on any atom is -0.385 e. The molecule has 1 aromatic rings. The lowest BCUT2D eigenvalue weighted by atomic mass is 10.1. The molecule has 0 unspecified atom stereocenters. The Bertz CT molecular complexity index is 492. The third-order valence-corrected chi connectivity index (χ3v) is 2.37. The van der Waals surface area contributed by atoms with Crippen LogP contribution in [0.3, 0.4) is 0 Å². The molecule has 0 heterocycles. The second-order valence-electron chi connectivity index (χ2n) is 3.80. The predicted octanol–water partition coefficient (Wildman–Crippen LogP) is 0.902. The van der Waals surface area contributed by atoms with E-state index in [1.165, 1.54) is 18.2 Å². The summed E-state index contributed by atoms with van der Waals surface area (Å²) >= 11 is 0. The van der Waals surface area contributed by atoms with Gasteiger partial charge in [0.1, 0.15) is 5.82 Å². The molecule has 0 saturated heterocycles. The molecule has 3 N–H and O–H groups in total. The number of carbonyl (C=O) groups excluding carboxylic acids is 1. The third-order valence-electron chi connectivity index (χ3n) is 2.37. The highest BCUT2D eigenvalue weighted by Crippen LogP contribution is 2.09. The molecule has 0 spiro atoms. The smallest absolute Gasteiger partial charge is 0.251 e. The lowest BCUT2D eigenvalue weighted by molar-refractivity contribution is 0.0948. The van der Waals surface area contributed by atoms with Crippen molar-refractivity contribution in [1.29, 1.82) is 0 Å². The van der Waals surface area contributed by atoms with E-state index >= 15 is 0 Å². The van der Waals surface area contributed by atoms with Crippen LogP contribution in [0.5, 0.6) is 0 Å². The minimum atomic E-state index is -0.523. The molecule has 0 aliphatic carbocycles. The Balaban J connectivity index is 2.64. The van der Waals surface area contributed by atoms with Crippen LogP contribution in [-0.2, 0) is 4.74 Å². The number of hydrogen-bond donors (Lipinski definition) is 2. The number of methoxy groups -OCH3 is 1. The number of nitrogens with two attached hydrogens (primary N) is 1. The van der Waals surface area contributed by atoms with E-state index in [0.717, 1.165) is 0 Å². The second-order valence-corrected chi connectivity index (χ2v) is 3.80. The van der Waals surface area contributed by atoms with Crippen LogP contribution in [0.1, 0.15) is 22.3 Å². The van der Waals surface area contributed by atoms with Gasteiger partial charge in [-0.05, 0) is 24.6 Å². The Morgan fingerprint density at radius 2 is 2.32 bits per heavy atom. The zero-order valence-electron chi connectivity index (χ0n) is 10.8. The lowest BCUT2D eigenvalue weighted by Crippen LogP contribution is -2.25. The van der Waals surface area contributed by atoms with E-state index in [2.05, 4.69) is 17.2 Å². The first kappa shape index (κ1) is 15.2. The summed E-state index contributed by atoms with van der Waals surface area (Å²) in [4.78, 5) is 11.7. The fourth-order valence-corrected chi connectivity index (χ4v) is 1.42. The molecule has 4 nitrogen and oxygen atoms in total. The van der Waals surface area contributed by atoms with Crippen molar-refractivity contribution in [2.45, 2.75) is 6.42 Å². The summed E-state index contributed by atoms with van der Waals surface area (Å²) in [6, 6.07) is 4.18. The van der Waals surface area contributed by atoms with E-state index in [4.69, 9.17) is 10.5 Å². The SMILES string of the molecule is COCCCNC(=O)c1ccc(C#CCN)c(F)c1. The second kappa shape index (κ2) is 8.25. The first-order valence-corrected chi connectivity index (χ1v) is 5.94. The quantitative estimate of drug-likeness (QED) is 0.613. The van der Waals surface area contributed by atoms with Crippen molar-refractivity contribution >= 4 is 5.91 Å². The van der Waals surface area contributed by atoms with Gasteiger partial charge in [0.05, 0.1) is 12.1 Å². The number of benzene rings is 1. The fraction of sp³-hybridized carbons (Fsp3) is 0.357. The molecule has 1 rings (SSSR count). The maximum atomic E-state index is 13.6. The molecule has 5 heteroatoms. The summed E-state index contributed by atoms with van der Waals surface area (Å²) < 4.78 is 18.5. The molecule has 0 saturated carbocycles. The Kier molecular flexibility index (Phi) is 6.58. The molecular formula is C14H17FN2O2. The van der Waals surface area contributed by atoms with Crippen LogP contribution in [0.25, 0.3) is 0 Å². The third kappa shape index (κ3) is 5.08. The van der Waals surface area contributed by atoms with Gasteiger partial charge >= 0.3 is 0 Å². The molecule has 0 aromatic heterocycles. The Morgan fingerprint density at radius 1 is 1.53 bits per heavy atom. The summed E-state index contributed by atoms with van der Waals surface area (Å²) in [5.41, 5.74) is 5.72. The number of hydrogen-bond acceptors (Lipinski definition) is 3. The largest absolute Gasteiger partial charge is 0.385 e. The molecule has 0 fully saturated rings. The van der Waals surface area contributed by atoms with Crippen LogP contribution in [0.15, 0.2) is 18.2 Å².